The first-order valence-electron chi connectivity index (χ1n) is 4.65. The number of thioether (sulfide) groups is 2. The van der Waals surface area contributed by atoms with Gasteiger partial charge in [0.15, 0.2) is 0 Å². The van der Waals surface area contributed by atoms with E-state index in [1.165, 1.54) is 23.5 Å². The summed E-state index contributed by atoms with van der Waals surface area (Å²) in [5.74, 6) is 0.783. The summed E-state index contributed by atoms with van der Waals surface area (Å²) >= 11 is 2.91. The smallest absolute Gasteiger partial charge is 0.236 e. The van der Waals surface area contributed by atoms with Gasteiger partial charge in [-0.25, -0.2) is 0 Å². The molecule has 0 radical (unpaired) electrons. The van der Waals surface area contributed by atoms with Gasteiger partial charge < -0.3 is 10.5 Å². The van der Waals surface area contributed by atoms with E-state index in [1.807, 2.05) is 20.1 Å². The molecule has 1 amide bonds. The van der Waals surface area contributed by atoms with E-state index in [0.29, 0.717) is 11.5 Å². The number of oxime groups is 1. The molecule has 0 fully saturated rings. The van der Waals surface area contributed by atoms with E-state index in [1.54, 1.807) is 7.05 Å². The van der Waals surface area contributed by atoms with Crippen molar-refractivity contribution in [3.8, 4) is 0 Å². The van der Waals surface area contributed by atoms with Crippen LogP contribution in [0.5, 0.6) is 0 Å². The van der Waals surface area contributed by atoms with Crippen molar-refractivity contribution in [2.45, 2.75) is 25.0 Å². The molecule has 15 heavy (non-hydrogen) atoms. The van der Waals surface area contributed by atoms with Crippen LogP contribution in [0.3, 0.4) is 0 Å². The van der Waals surface area contributed by atoms with Crippen LogP contribution in [0.4, 0.5) is 0 Å². The second-order valence-electron chi connectivity index (χ2n) is 3.12. The minimum atomic E-state index is -0.571. The fourth-order valence-electron chi connectivity index (χ4n) is 1.08. The van der Waals surface area contributed by atoms with Gasteiger partial charge in [-0.1, -0.05) is 12.1 Å². The van der Waals surface area contributed by atoms with Crippen LogP contribution in [0, 0.1) is 0 Å². The summed E-state index contributed by atoms with van der Waals surface area (Å²) in [6.45, 7) is 3.82. The third-order valence-electron chi connectivity index (χ3n) is 2.07. The molecular weight excluding hydrogens is 232 g/mol. The second-order valence-corrected chi connectivity index (χ2v) is 5.76. The lowest BCUT2D eigenvalue weighted by Gasteiger charge is -2.25. The van der Waals surface area contributed by atoms with Crippen molar-refractivity contribution in [1.29, 1.82) is 0 Å². The predicted molar refractivity (Wildman–Crippen MR) is 68.0 cm³/mol. The maximum atomic E-state index is 11.6. The van der Waals surface area contributed by atoms with Crippen molar-refractivity contribution in [2.75, 3.05) is 19.1 Å². The highest BCUT2D eigenvalue weighted by atomic mass is 32.2. The van der Waals surface area contributed by atoms with Crippen LogP contribution in [0.15, 0.2) is 5.16 Å². The Hall–Kier alpha value is -0.360. The van der Waals surface area contributed by atoms with E-state index >= 15 is 0 Å². The molecule has 0 aromatic heterocycles. The van der Waals surface area contributed by atoms with Crippen molar-refractivity contribution in [2.24, 2.45) is 5.16 Å². The van der Waals surface area contributed by atoms with Gasteiger partial charge in [-0.15, -0.1) is 23.5 Å². The first kappa shape index (κ1) is 14.6. The molecular formula is C9H18N2O2S2. The molecule has 88 valence electrons. The Morgan fingerprint density at radius 2 is 2.20 bits per heavy atom. The number of carbonyl (C=O) groups excluding carboxylic acids is 1. The van der Waals surface area contributed by atoms with E-state index in [-0.39, 0.29) is 5.91 Å². The van der Waals surface area contributed by atoms with E-state index in [0.717, 1.165) is 5.75 Å². The lowest BCUT2D eigenvalue weighted by molar-refractivity contribution is -0.122. The van der Waals surface area contributed by atoms with Gasteiger partial charge in [0.25, 0.3) is 0 Å². The zero-order valence-corrected chi connectivity index (χ0v) is 11.2. The van der Waals surface area contributed by atoms with E-state index < -0.39 is 4.75 Å². The SMILES string of the molecule is CCS/C(CC(C)(SC)C(=O)NC)=N\O. The third kappa shape index (κ3) is 4.34. The lowest BCUT2D eigenvalue weighted by Crippen LogP contribution is -2.41. The molecule has 0 aromatic rings. The number of hydrogen-bond donors (Lipinski definition) is 2. The predicted octanol–water partition coefficient (Wildman–Crippen LogP) is 1.78. The Morgan fingerprint density at radius 1 is 1.60 bits per heavy atom. The van der Waals surface area contributed by atoms with Crippen LogP contribution in [0.2, 0.25) is 0 Å². The molecule has 0 rings (SSSR count). The third-order valence-corrected chi connectivity index (χ3v) is 4.15. The average Bonchev–Trinajstić information content (AvgIpc) is 2.26. The van der Waals surface area contributed by atoms with Gasteiger partial charge in [0.05, 0.1) is 4.75 Å². The van der Waals surface area contributed by atoms with Crippen molar-refractivity contribution in [3.63, 3.8) is 0 Å². The van der Waals surface area contributed by atoms with Gasteiger partial charge >= 0.3 is 0 Å². The number of carbonyl (C=O) groups is 1. The summed E-state index contributed by atoms with van der Waals surface area (Å²) in [5, 5.41) is 15.2. The molecule has 0 aliphatic heterocycles. The maximum absolute atomic E-state index is 11.6. The molecule has 0 bridgehead atoms. The summed E-state index contributed by atoms with van der Waals surface area (Å²) in [7, 11) is 1.61. The normalized spacial score (nSPS) is 15.9. The van der Waals surface area contributed by atoms with Crippen molar-refractivity contribution in [1.82, 2.24) is 5.32 Å². The quantitative estimate of drug-likeness (QED) is 0.338. The highest BCUT2D eigenvalue weighted by Crippen LogP contribution is 2.29. The number of nitrogens with zero attached hydrogens (tertiary/aromatic N) is 1. The summed E-state index contributed by atoms with van der Waals surface area (Å²) in [4.78, 5) is 11.6. The van der Waals surface area contributed by atoms with Crippen LogP contribution >= 0.6 is 23.5 Å². The number of rotatable bonds is 5. The van der Waals surface area contributed by atoms with Gasteiger partial charge in [0, 0.05) is 13.5 Å². The molecule has 0 saturated carbocycles. The Morgan fingerprint density at radius 3 is 2.53 bits per heavy atom. The van der Waals surface area contributed by atoms with E-state index in [4.69, 9.17) is 5.21 Å². The molecule has 0 spiro atoms. The molecule has 1 atom stereocenters. The standard InChI is InChI=1S/C9H18N2O2S2/c1-5-15-7(11-13)6-9(2,14-4)8(12)10-3/h13H,5-6H2,1-4H3,(H,10,12)/b11-7-. The first-order valence-corrected chi connectivity index (χ1v) is 6.86. The van der Waals surface area contributed by atoms with Crippen LogP contribution in [-0.4, -0.2) is 40.0 Å². The molecule has 2 N–H and O–H groups in total. The minimum absolute atomic E-state index is 0.0483. The summed E-state index contributed by atoms with van der Waals surface area (Å²) in [6.07, 6.45) is 2.32. The largest absolute Gasteiger partial charge is 0.410 e. The van der Waals surface area contributed by atoms with Gasteiger partial charge in [0.2, 0.25) is 5.91 Å². The molecule has 0 aliphatic carbocycles. The zero-order valence-electron chi connectivity index (χ0n) is 9.53. The number of nitrogens with one attached hydrogen (secondary N) is 1. The summed E-state index contributed by atoms with van der Waals surface area (Å²) in [6, 6.07) is 0. The lowest BCUT2D eigenvalue weighted by atomic mass is 10.1. The Balaban J connectivity index is 4.62. The zero-order chi connectivity index (χ0) is 11.9. The van der Waals surface area contributed by atoms with Crippen molar-refractivity contribution in [3.05, 3.63) is 0 Å². The van der Waals surface area contributed by atoms with Crippen LogP contribution < -0.4 is 5.32 Å². The van der Waals surface area contributed by atoms with Crippen molar-refractivity contribution < 1.29 is 10.0 Å². The maximum Gasteiger partial charge on any atom is 0.236 e. The van der Waals surface area contributed by atoms with Gasteiger partial charge in [0.1, 0.15) is 5.04 Å². The Labute approximate surface area is 99.3 Å². The van der Waals surface area contributed by atoms with Crippen LogP contribution in [0.25, 0.3) is 0 Å². The van der Waals surface area contributed by atoms with E-state index in [2.05, 4.69) is 10.5 Å². The molecule has 1 unspecified atom stereocenters. The van der Waals surface area contributed by atoms with Crippen molar-refractivity contribution >= 4 is 34.5 Å². The Bertz CT molecular complexity index is 246. The van der Waals surface area contributed by atoms with Crippen LogP contribution in [-0.2, 0) is 4.79 Å². The summed E-state index contributed by atoms with van der Waals surface area (Å²) in [5.41, 5.74) is 0. The molecule has 0 aromatic carbocycles. The first-order chi connectivity index (χ1) is 7.03. The molecule has 0 saturated heterocycles. The van der Waals surface area contributed by atoms with Crippen LogP contribution in [0.1, 0.15) is 20.3 Å². The monoisotopic (exact) mass is 250 g/mol. The minimum Gasteiger partial charge on any atom is -0.410 e. The molecule has 4 nitrogen and oxygen atoms in total. The Kier molecular flexibility index (Phi) is 6.84. The average molecular weight is 250 g/mol. The van der Waals surface area contributed by atoms with Gasteiger partial charge in [-0.3, -0.25) is 4.79 Å². The number of amides is 1. The highest BCUT2D eigenvalue weighted by molar-refractivity contribution is 8.14. The van der Waals surface area contributed by atoms with Gasteiger partial charge in [-0.05, 0) is 18.9 Å². The topological polar surface area (TPSA) is 61.7 Å². The molecule has 6 heteroatoms. The fraction of sp³-hybridized carbons (Fsp3) is 0.778. The molecule has 0 aliphatic rings. The second kappa shape index (κ2) is 7.00. The van der Waals surface area contributed by atoms with Gasteiger partial charge in [-0.2, -0.15) is 0 Å². The molecule has 0 heterocycles. The number of hydrogen-bond acceptors (Lipinski definition) is 5. The van der Waals surface area contributed by atoms with E-state index in [9.17, 15) is 4.79 Å². The fourth-order valence-corrected chi connectivity index (χ4v) is 2.52. The highest BCUT2D eigenvalue weighted by Gasteiger charge is 2.33. The summed E-state index contributed by atoms with van der Waals surface area (Å²) < 4.78 is -0.571.